The van der Waals surface area contributed by atoms with Crippen molar-refractivity contribution in [3.63, 3.8) is 0 Å². The standard InChI is InChI=1S/C10H6NO3Si/c12-10(14-15)8-5-7-3-1-2-4-9(7)11(13)6-8/h1-6H. The molecule has 73 valence electrons. The number of aromatic nitrogens is 1. The minimum atomic E-state index is -0.595. The fourth-order valence-electron chi connectivity index (χ4n) is 1.38. The fraction of sp³-hybridized carbons (Fsp3) is 0. The Morgan fingerprint density at radius 3 is 2.87 bits per heavy atom. The number of carbonyl (C=O) groups excluding carboxylic acids is 1. The molecule has 0 atom stereocenters. The van der Waals surface area contributed by atoms with Crippen LogP contribution in [0.2, 0.25) is 0 Å². The van der Waals surface area contributed by atoms with E-state index in [9.17, 15) is 10.0 Å². The van der Waals surface area contributed by atoms with Crippen molar-refractivity contribution >= 4 is 27.4 Å². The number of hydrogen-bond acceptors (Lipinski definition) is 3. The Bertz CT molecular complexity index is 527. The van der Waals surface area contributed by atoms with Crippen LogP contribution in [0.25, 0.3) is 10.9 Å². The van der Waals surface area contributed by atoms with Crippen LogP contribution in [-0.2, 0) is 4.43 Å². The van der Waals surface area contributed by atoms with Crippen LogP contribution in [0.3, 0.4) is 0 Å². The summed E-state index contributed by atoms with van der Waals surface area (Å²) in [6.07, 6.45) is 1.19. The molecule has 1 aromatic carbocycles. The van der Waals surface area contributed by atoms with Gasteiger partial charge in [0, 0.05) is 11.5 Å². The molecule has 5 heteroatoms. The van der Waals surface area contributed by atoms with Gasteiger partial charge in [-0.2, -0.15) is 4.73 Å². The van der Waals surface area contributed by atoms with Crippen LogP contribution in [0.15, 0.2) is 36.5 Å². The Morgan fingerprint density at radius 1 is 1.40 bits per heavy atom. The Hall–Kier alpha value is -1.88. The van der Waals surface area contributed by atoms with E-state index in [2.05, 4.69) is 14.9 Å². The molecule has 0 aliphatic carbocycles. The number of nitrogens with zero attached hydrogens (tertiary/aromatic N) is 1. The number of benzene rings is 1. The molecule has 0 bridgehead atoms. The summed E-state index contributed by atoms with van der Waals surface area (Å²) in [5.41, 5.74) is 0.724. The Balaban J connectivity index is 2.67. The van der Waals surface area contributed by atoms with Crippen molar-refractivity contribution in [2.45, 2.75) is 0 Å². The van der Waals surface area contributed by atoms with Crippen LogP contribution in [0.1, 0.15) is 10.4 Å². The zero-order valence-electron chi connectivity index (χ0n) is 7.64. The normalized spacial score (nSPS) is 10.2. The highest BCUT2D eigenvalue weighted by atomic mass is 28.2. The molecule has 0 fully saturated rings. The van der Waals surface area contributed by atoms with Gasteiger partial charge in [0.05, 0.1) is 0 Å². The second-order valence-corrected chi connectivity index (χ2v) is 3.21. The molecule has 1 heterocycles. The summed E-state index contributed by atoms with van der Waals surface area (Å²) >= 11 is 0. The molecule has 0 aliphatic rings. The first kappa shape index (κ1) is 9.66. The lowest BCUT2D eigenvalue weighted by Crippen LogP contribution is -2.28. The van der Waals surface area contributed by atoms with Gasteiger partial charge >= 0.3 is 16.5 Å². The second kappa shape index (κ2) is 3.70. The molecule has 0 spiro atoms. The lowest BCUT2D eigenvalue weighted by atomic mass is 10.1. The van der Waals surface area contributed by atoms with Gasteiger partial charge in [0.15, 0.2) is 6.20 Å². The van der Waals surface area contributed by atoms with Gasteiger partial charge in [-0.05, 0) is 12.1 Å². The topological polar surface area (TPSA) is 53.2 Å². The molecule has 4 nitrogen and oxygen atoms in total. The quantitative estimate of drug-likeness (QED) is 0.401. The van der Waals surface area contributed by atoms with Gasteiger partial charge in [0.1, 0.15) is 5.56 Å². The predicted molar refractivity (Wildman–Crippen MR) is 54.1 cm³/mol. The third kappa shape index (κ3) is 1.69. The van der Waals surface area contributed by atoms with E-state index in [1.807, 2.05) is 0 Å². The summed E-state index contributed by atoms with van der Waals surface area (Å²) < 4.78 is 5.00. The predicted octanol–water partition coefficient (Wildman–Crippen LogP) is 0.713. The molecule has 3 radical (unpaired) electrons. The van der Waals surface area contributed by atoms with E-state index in [0.29, 0.717) is 15.6 Å². The van der Waals surface area contributed by atoms with Crippen molar-refractivity contribution in [3.8, 4) is 0 Å². The zero-order chi connectivity index (χ0) is 10.8. The molecule has 0 unspecified atom stereocenters. The maximum absolute atomic E-state index is 11.5. The van der Waals surface area contributed by atoms with Gasteiger partial charge in [-0.1, -0.05) is 12.1 Å². The maximum Gasteiger partial charge on any atom is 0.345 e. The highest BCUT2D eigenvalue weighted by Gasteiger charge is 2.12. The van der Waals surface area contributed by atoms with Crippen molar-refractivity contribution in [1.29, 1.82) is 0 Å². The third-order valence-electron chi connectivity index (χ3n) is 2.07. The molecule has 2 aromatic rings. The van der Waals surface area contributed by atoms with E-state index >= 15 is 0 Å². The summed E-state index contributed by atoms with van der Waals surface area (Å²) in [5, 5.41) is 12.2. The fourth-order valence-corrected chi connectivity index (χ4v) is 1.50. The van der Waals surface area contributed by atoms with E-state index in [0.717, 1.165) is 0 Å². The summed E-state index contributed by atoms with van der Waals surface area (Å²) in [4.78, 5) is 11.2. The minimum absolute atomic E-state index is 0.207. The van der Waals surface area contributed by atoms with E-state index in [4.69, 9.17) is 0 Å². The number of fused-ring (bicyclic) bond motifs is 1. The number of para-hydroxylation sites is 1. The molecule has 0 saturated heterocycles. The first-order valence-electron chi connectivity index (χ1n) is 4.22. The third-order valence-corrected chi connectivity index (χ3v) is 2.26. The second-order valence-electron chi connectivity index (χ2n) is 3.00. The van der Waals surface area contributed by atoms with E-state index in [1.54, 1.807) is 30.3 Å². The van der Waals surface area contributed by atoms with E-state index in [-0.39, 0.29) is 5.56 Å². The number of rotatable bonds is 1. The molecule has 0 N–H and O–H groups in total. The molecule has 2 rings (SSSR count). The molecular weight excluding hydrogens is 210 g/mol. The average Bonchev–Trinajstić information content (AvgIpc) is 2.28. The van der Waals surface area contributed by atoms with Crippen LogP contribution in [0, 0.1) is 5.21 Å². The van der Waals surface area contributed by atoms with Crippen molar-refractivity contribution in [1.82, 2.24) is 0 Å². The highest BCUT2D eigenvalue weighted by molar-refractivity contribution is 6.09. The van der Waals surface area contributed by atoms with Crippen LogP contribution in [0.5, 0.6) is 0 Å². The van der Waals surface area contributed by atoms with Gasteiger partial charge in [-0.3, -0.25) is 0 Å². The Morgan fingerprint density at radius 2 is 2.13 bits per heavy atom. The first-order valence-corrected chi connectivity index (χ1v) is 4.63. The molecule has 1 aromatic heterocycles. The van der Waals surface area contributed by atoms with Crippen molar-refractivity contribution in [3.05, 3.63) is 47.3 Å². The van der Waals surface area contributed by atoms with Crippen LogP contribution in [-0.4, -0.2) is 16.5 Å². The SMILES string of the molecule is O=C(O[Si])c1cc2ccccc2[n+]([O-])c1. The molecule has 0 amide bonds. The van der Waals surface area contributed by atoms with Gasteiger partial charge in [0.2, 0.25) is 5.52 Å². The molecular formula is C10H6NO3Si. The average molecular weight is 216 g/mol. The minimum Gasteiger partial charge on any atom is -0.618 e. The Kier molecular flexibility index (Phi) is 2.38. The summed E-state index contributed by atoms with van der Waals surface area (Å²) in [7, 11) is 2.63. The van der Waals surface area contributed by atoms with Gasteiger partial charge in [-0.25, -0.2) is 4.79 Å². The zero-order valence-corrected chi connectivity index (χ0v) is 8.64. The van der Waals surface area contributed by atoms with E-state index in [1.165, 1.54) is 6.20 Å². The van der Waals surface area contributed by atoms with Gasteiger partial charge in [0.25, 0.3) is 0 Å². The maximum atomic E-state index is 11.5. The monoisotopic (exact) mass is 216 g/mol. The lowest BCUT2D eigenvalue weighted by Gasteiger charge is -2.03. The van der Waals surface area contributed by atoms with Crippen LogP contribution in [0.4, 0.5) is 0 Å². The summed E-state index contributed by atoms with van der Waals surface area (Å²) in [6.45, 7) is 0. The number of carbonyl (C=O) groups is 1. The summed E-state index contributed by atoms with van der Waals surface area (Å²) in [6, 6.07) is 8.61. The lowest BCUT2D eigenvalue weighted by molar-refractivity contribution is -0.577. The van der Waals surface area contributed by atoms with Gasteiger partial charge < -0.3 is 9.63 Å². The van der Waals surface area contributed by atoms with Crippen LogP contribution >= 0.6 is 0 Å². The number of hydrogen-bond donors (Lipinski definition) is 0. The smallest absolute Gasteiger partial charge is 0.345 e. The largest absolute Gasteiger partial charge is 0.618 e. The van der Waals surface area contributed by atoms with Crippen molar-refractivity contribution in [2.24, 2.45) is 0 Å². The molecule has 15 heavy (non-hydrogen) atoms. The highest BCUT2D eigenvalue weighted by Crippen LogP contribution is 2.11. The van der Waals surface area contributed by atoms with Crippen molar-refractivity contribution in [2.75, 3.05) is 0 Å². The van der Waals surface area contributed by atoms with Gasteiger partial charge in [-0.15, -0.1) is 0 Å². The molecule has 0 saturated carbocycles. The van der Waals surface area contributed by atoms with E-state index < -0.39 is 5.97 Å². The Labute approximate surface area is 89.2 Å². The van der Waals surface area contributed by atoms with Crippen molar-refractivity contribution < 1.29 is 14.0 Å². The number of pyridine rings is 1. The first-order chi connectivity index (χ1) is 7.22. The molecule has 0 aliphatic heterocycles. The van der Waals surface area contributed by atoms with Crippen LogP contribution < -0.4 is 4.73 Å². The summed E-state index contributed by atoms with van der Waals surface area (Å²) in [5.74, 6) is -0.595.